The normalized spacial score (nSPS) is 24.4. The summed E-state index contributed by atoms with van der Waals surface area (Å²) in [5.74, 6) is 0.663. The number of hydrogen-bond donors (Lipinski definition) is 1. The summed E-state index contributed by atoms with van der Waals surface area (Å²) in [7, 11) is -2.25. The standard InChI is InChI=1S/C20H22N2O5S/c1-3-27-18-8-4-15(5-9-18)21-19(23)20-12-14(20)13-22(28(20,24)25)16-6-10-17(26-2)11-7-16/h4-11,14H,3,12-13H2,1-2H3,(H,21,23)/t14-,20+/m1/s1. The summed E-state index contributed by atoms with van der Waals surface area (Å²) >= 11 is 0. The number of fused-ring (bicyclic) bond motifs is 1. The van der Waals surface area contributed by atoms with Crippen LogP contribution in [-0.4, -0.2) is 39.3 Å². The smallest absolute Gasteiger partial charge is 0.250 e. The highest BCUT2D eigenvalue weighted by molar-refractivity contribution is 7.95. The van der Waals surface area contributed by atoms with Crippen LogP contribution in [0.5, 0.6) is 11.5 Å². The van der Waals surface area contributed by atoms with E-state index in [1.54, 1.807) is 55.6 Å². The van der Waals surface area contributed by atoms with E-state index in [1.807, 2.05) is 6.92 Å². The van der Waals surface area contributed by atoms with Crippen LogP contribution in [0.4, 0.5) is 11.4 Å². The van der Waals surface area contributed by atoms with E-state index in [2.05, 4.69) is 5.32 Å². The fourth-order valence-corrected chi connectivity index (χ4v) is 6.12. The number of amides is 1. The van der Waals surface area contributed by atoms with Gasteiger partial charge in [-0.25, -0.2) is 8.42 Å². The van der Waals surface area contributed by atoms with E-state index in [0.717, 1.165) is 0 Å². The zero-order valence-corrected chi connectivity index (χ0v) is 16.5. The van der Waals surface area contributed by atoms with Gasteiger partial charge in [-0.05, 0) is 61.9 Å². The molecule has 2 aromatic carbocycles. The van der Waals surface area contributed by atoms with Gasteiger partial charge in [-0.15, -0.1) is 0 Å². The molecule has 2 aliphatic rings. The quantitative estimate of drug-likeness (QED) is 0.803. The van der Waals surface area contributed by atoms with Crippen molar-refractivity contribution < 1.29 is 22.7 Å². The summed E-state index contributed by atoms with van der Waals surface area (Å²) in [5, 5.41) is 2.76. The monoisotopic (exact) mass is 402 g/mol. The molecule has 0 bridgehead atoms. The molecule has 148 valence electrons. The van der Waals surface area contributed by atoms with Crippen molar-refractivity contribution >= 4 is 27.3 Å². The molecule has 2 atom stereocenters. The molecule has 0 unspecified atom stereocenters. The third-order valence-electron chi connectivity index (χ3n) is 5.35. The summed E-state index contributed by atoms with van der Waals surface area (Å²) in [5.41, 5.74) is 1.09. The minimum Gasteiger partial charge on any atom is -0.497 e. The number of nitrogens with zero attached hydrogens (tertiary/aromatic N) is 1. The second-order valence-corrected chi connectivity index (χ2v) is 9.06. The predicted octanol–water partition coefficient (Wildman–Crippen LogP) is 2.64. The molecule has 0 radical (unpaired) electrons. The molecule has 1 aliphatic carbocycles. The van der Waals surface area contributed by atoms with Gasteiger partial charge < -0.3 is 14.8 Å². The van der Waals surface area contributed by atoms with Crippen LogP contribution < -0.4 is 19.1 Å². The summed E-state index contributed by atoms with van der Waals surface area (Å²) < 4.78 is 36.8. The van der Waals surface area contributed by atoms with Gasteiger partial charge in [-0.1, -0.05) is 0 Å². The topological polar surface area (TPSA) is 84.9 Å². The molecule has 1 saturated heterocycles. The molecule has 1 saturated carbocycles. The fourth-order valence-electron chi connectivity index (χ4n) is 3.76. The van der Waals surface area contributed by atoms with Crippen molar-refractivity contribution in [2.24, 2.45) is 5.92 Å². The molecular weight excluding hydrogens is 380 g/mol. The zero-order valence-electron chi connectivity index (χ0n) is 15.7. The number of nitrogens with one attached hydrogen (secondary N) is 1. The van der Waals surface area contributed by atoms with Gasteiger partial charge in [0.1, 0.15) is 11.5 Å². The van der Waals surface area contributed by atoms with Crippen LogP contribution >= 0.6 is 0 Å². The molecule has 2 fully saturated rings. The minimum atomic E-state index is -3.81. The minimum absolute atomic E-state index is 0.206. The zero-order chi connectivity index (χ0) is 19.9. The van der Waals surface area contributed by atoms with Gasteiger partial charge >= 0.3 is 0 Å². The lowest BCUT2D eigenvalue weighted by Gasteiger charge is -2.23. The van der Waals surface area contributed by atoms with Gasteiger partial charge in [0.15, 0.2) is 4.75 Å². The number of methoxy groups -OCH3 is 1. The third kappa shape index (κ3) is 2.79. The highest BCUT2D eigenvalue weighted by Gasteiger charge is 2.75. The maximum Gasteiger partial charge on any atom is 0.250 e. The van der Waals surface area contributed by atoms with Gasteiger partial charge in [-0.3, -0.25) is 9.10 Å². The lowest BCUT2D eigenvalue weighted by atomic mass is 10.2. The van der Waals surface area contributed by atoms with E-state index in [1.165, 1.54) is 4.31 Å². The van der Waals surface area contributed by atoms with Crippen LogP contribution in [0.2, 0.25) is 0 Å². The SMILES string of the molecule is CCOc1ccc(NC(=O)[C@]23C[C@@H]2CN(c2ccc(OC)cc2)S3(=O)=O)cc1. The highest BCUT2D eigenvalue weighted by atomic mass is 32.2. The van der Waals surface area contributed by atoms with E-state index in [0.29, 0.717) is 42.4 Å². The first kappa shape index (κ1) is 18.6. The van der Waals surface area contributed by atoms with Crippen molar-refractivity contribution in [2.75, 3.05) is 29.9 Å². The maximum absolute atomic E-state index is 13.2. The Morgan fingerprint density at radius 1 is 1.14 bits per heavy atom. The number of ether oxygens (including phenoxy) is 2. The lowest BCUT2D eigenvalue weighted by molar-refractivity contribution is -0.116. The molecule has 8 heteroatoms. The Bertz CT molecular complexity index is 988. The molecule has 1 N–H and O–H groups in total. The second-order valence-electron chi connectivity index (χ2n) is 6.94. The highest BCUT2D eigenvalue weighted by Crippen LogP contribution is 2.58. The van der Waals surface area contributed by atoms with Crippen LogP contribution in [-0.2, 0) is 14.8 Å². The van der Waals surface area contributed by atoms with Gasteiger partial charge in [-0.2, -0.15) is 0 Å². The largest absolute Gasteiger partial charge is 0.497 e. The number of benzene rings is 2. The first-order chi connectivity index (χ1) is 13.4. The predicted molar refractivity (Wildman–Crippen MR) is 106 cm³/mol. The molecule has 7 nitrogen and oxygen atoms in total. The van der Waals surface area contributed by atoms with Crippen molar-refractivity contribution in [3.8, 4) is 11.5 Å². The average molecular weight is 402 g/mol. The lowest BCUT2D eigenvalue weighted by Crippen LogP contribution is -2.42. The van der Waals surface area contributed by atoms with Crippen molar-refractivity contribution in [1.82, 2.24) is 0 Å². The van der Waals surface area contributed by atoms with E-state index < -0.39 is 20.7 Å². The first-order valence-electron chi connectivity index (χ1n) is 9.13. The molecular formula is C20H22N2O5S. The molecule has 1 aliphatic heterocycles. The van der Waals surface area contributed by atoms with Crippen LogP contribution in [0.15, 0.2) is 48.5 Å². The number of anilines is 2. The number of carbonyl (C=O) groups excluding carboxylic acids is 1. The van der Waals surface area contributed by atoms with Crippen molar-refractivity contribution in [1.29, 1.82) is 0 Å². The number of carbonyl (C=O) groups is 1. The van der Waals surface area contributed by atoms with Gasteiger partial charge in [0, 0.05) is 18.2 Å². The van der Waals surface area contributed by atoms with E-state index in [9.17, 15) is 13.2 Å². The van der Waals surface area contributed by atoms with Crippen molar-refractivity contribution in [2.45, 2.75) is 18.1 Å². The summed E-state index contributed by atoms with van der Waals surface area (Å²) in [6.07, 6.45) is 0.352. The van der Waals surface area contributed by atoms with Gasteiger partial charge in [0.25, 0.3) is 0 Å². The number of sulfonamides is 1. The molecule has 4 rings (SSSR count). The Morgan fingerprint density at radius 3 is 2.39 bits per heavy atom. The van der Waals surface area contributed by atoms with Crippen LogP contribution in [0, 0.1) is 5.92 Å². The molecule has 0 spiro atoms. The van der Waals surface area contributed by atoms with E-state index >= 15 is 0 Å². The number of rotatable bonds is 6. The Morgan fingerprint density at radius 2 is 1.79 bits per heavy atom. The summed E-state index contributed by atoms with van der Waals surface area (Å²) in [6.45, 7) is 2.75. The first-order valence-corrected chi connectivity index (χ1v) is 10.6. The maximum atomic E-state index is 13.2. The molecule has 0 aromatic heterocycles. The third-order valence-corrected chi connectivity index (χ3v) is 7.90. The van der Waals surface area contributed by atoms with E-state index in [-0.39, 0.29) is 5.92 Å². The van der Waals surface area contributed by atoms with Gasteiger partial charge in [0.05, 0.1) is 19.4 Å². The summed E-state index contributed by atoms with van der Waals surface area (Å²) in [6, 6.07) is 13.7. The molecule has 28 heavy (non-hydrogen) atoms. The average Bonchev–Trinajstić information content (AvgIpc) is 3.39. The van der Waals surface area contributed by atoms with Crippen LogP contribution in [0.3, 0.4) is 0 Å². The number of hydrogen-bond acceptors (Lipinski definition) is 5. The Balaban J connectivity index is 1.54. The molecule has 1 amide bonds. The Hall–Kier alpha value is -2.74. The second kappa shape index (κ2) is 6.70. The Labute approximate surface area is 164 Å². The van der Waals surface area contributed by atoms with Crippen LogP contribution in [0.1, 0.15) is 13.3 Å². The van der Waals surface area contributed by atoms with Crippen LogP contribution in [0.25, 0.3) is 0 Å². The van der Waals surface area contributed by atoms with E-state index in [4.69, 9.17) is 9.47 Å². The van der Waals surface area contributed by atoms with Crippen molar-refractivity contribution in [3.63, 3.8) is 0 Å². The molecule has 2 aromatic rings. The molecule has 1 heterocycles. The summed E-state index contributed by atoms with van der Waals surface area (Å²) in [4.78, 5) is 12.9. The van der Waals surface area contributed by atoms with Crippen molar-refractivity contribution in [3.05, 3.63) is 48.5 Å². The fraction of sp³-hybridized carbons (Fsp3) is 0.350. The van der Waals surface area contributed by atoms with Gasteiger partial charge in [0.2, 0.25) is 15.9 Å². The Kier molecular flexibility index (Phi) is 4.45.